The van der Waals surface area contributed by atoms with Gasteiger partial charge in [-0.15, -0.1) is 0 Å². The Labute approximate surface area is 186 Å². The van der Waals surface area contributed by atoms with Crippen molar-refractivity contribution in [2.45, 2.75) is 136 Å². The SMILES string of the molecule is CCCCCCCCCCCCCCCC.CCOC(=O)C1CCCCC1C(=O)O. The first kappa shape index (κ1) is 28.9. The lowest BCUT2D eigenvalue weighted by Gasteiger charge is -2.26. The van der Waals surface area contributed by atoms with Gasteiger partial charge in [0.1, 0.15) is 0 Å². The van der Waals surface area contributed by atoms with Gasteiger partial charge < -0.3 is 9.84 Å². The number of unbranched alkanes of at least 4 members (excludes halogenated alkanes) is 13. The molecule has 0 aromatic carbocycles. The van der Waals surface area contributed by atoms with Gasteiger partial charge in [-0.2, -0.15) is 0 Å². The Hall–Kier alpha value is -1.06. The molecule has 1 saturated carbocycles. The van der Waals surface area contributed by atoms with Crippen LogP contribution < -0.4 is 0 Å². The Bertz CT molecular complexity index is 394. The third-order valence-corrected chi connectivity index (χ3v) is 6.13. The molecule has 0 aliphatic heterocycles. The number of carbonyl (C=O) groups excluding carboxylic acids is 1. The first-order chi connectivity index (χ1) is 14.6. The van der Waals surface area contributed by atoms with Crippen molar-refractivity contribution in [3.8, 4) is 0 Å². The fourth-order valence-electron chi connectivity index (χ4n) is 4.23. The lowest BCUT2D eigenvalue weighted by Crippen LogP contribution is -2.33. The third-order valence-electron chi connectivity index (χ3n) is 6.13. The molecule has 0 radical (unpaired) electrons. The average Bonchev–Trinajstić information content (AvgIpc) is 2.75. The van der Waals surface area contributed by atoms with Crippen molar-refractivity contribution in [3.05, 3.63) is 0 Å². The molecule has 0 amide bonds. The summed E-state index contributed by atoms with van der Waals surface area (Å²) in [4.78, 5) is 22.3. The molecular weight excluding hydrogens is 376 g/mol. The van der Waals surface area contributed by atoms with Gasteiger partial charge in [0.15, 0.2) is 0 Å². The first-order valence-corrected chi connectivity index (χ1v) is 13.0. The lowest BCUT2D eigenvalue weighted by atomic mass is 9.79. The minimum Gasteiger partial charge on any atom is -0.481 e. The second kappa shape index (κ2) is 21.2. The summed E-state index contributed by atoms with van der Waals surface area (Å²) in [5, 5.41) is 8.92. The molecule has 0 heterocycles. The van der Waals surface area contributed by atoms with Crippen molar-refractivity contribution in [1.82, 2.24) is 0 Å². The second-order valence-electron chi connectivity index (χ2n) is 8.83. The number of aliphatic carboxylic acids is 1. The fraction of sp³-hybridized carbons (Fsp3) is 0.923. The van der Waals surface area contributed by atoms with Crippen LogP contribution in [0.15, 0.2) is 0 Å². The van der Waals surface area contributed by atoms with Crippen LogP contribution in [-0.4, -0.2) is 23.7 Å². The van der Waals surface area contributed by atoms with Crippen LogP contribution in [0.2, 0.25) is 0 Å². The molecule has 1 aliphatic carbocycles. The van der Waals surface area contributed by atoms with Crippen molar-refractivity contribution in [2.24, 2.45) is 11.8 Å². The highest BCUT2D eigenvalue weighted by atomic mass is 16.5. The topological polar surface area (TPSA) is 63.6 Å². The van der Waals surface area contributed by atoms with Crippen LogP contribution in [0.5, 0.6) is 0 Å². The van der Waals surface area contributed by atoms with E-state index in [0.717, 1.165) is 12.8 Å². The highest BCUT2D eigenvalue weighted by Gasteiger charge is 2.36. The van der Waals surface area contributed by atoms with E-state index >= 15 is 0 Å². The minimum absolute atomic E-state index is 0.321. The van der Waals surface area contributed by atoms with Gasteiger partial charge in [0, 0.05) is 0 Å². The molecule has 1 aliphatic rings. The van der Waals surface area contributed by atoms with Crippen LogP contribution in [0, 0.1) is 11.8 Å². The maximum atomic E-state index is 11.4. The molecule has 4 nitrogen and oxygen atoms in total. The molecule has 0 aromatic rings. The van der Waals surface area contributed by atoms with Crippen molar-refractivity contribution < 1.29 is 19.4 Å². The van der Waals surface area contributed by atoms with Crippen LogP contribution in [0.1, 0.15) is 136 Å². The number of hydrogen-bond acceptors (Lipinski definition) is 3. The number of esters is 1. The molecule has 0 aromatic heterocycles. The van der Waals surface area contributed by atoms with Crippen LogP contribution in [-0.2, 0) is 14.3 Å². The molecule has 1 fully saturated rings. The normalized spacial score (nSPS) is 18.4. The van der Waals surface area contributed by atoms with E-state index in [0.29, 0.717) is 19.4 Å². The number of rotatable bonds is 16. The molecule has 30 heavy (non-hydrogen) atoms. The Morgan fingerprint density at radius 1 is 0.667 bits per heavy atom. The summed E-state index contributed by atoms with van der Waals surface area (Å²) in [6, 6.07) is 0. The Morgan fingerprint density at radius 2 is 1.03 bits per heavy atom. The molecule has 4 heteroatoms. The summed E-state index contributed by atoms with van der Waals surface area (Å²) in [5.74, 6) is -2.19. The predicted molar refractivity (Wildman–Crippen MR) is 126 cm³/mol. The minimum atomic E-state index is -0.872. The number of carboxylic acid groups (broad SMARTS) is 1. The van der Waals surface area contributed by atoms with Gasteiger partial charge in [-0.1, -0.05) is 117 Å². The average molecular weight is 427 g/mol. The maximum Gasteiger partial charge on any atom is 0.309 e. The zero-order valence-electron chi connectivity index (χ0n) is 20.3. The maximum absolute atomic E-state index is 11.4. The summed E-state index contributed by atoms with van der Waals surface area (Å²) < 4.78 is 4.86. The molecule has 178 valence electrons. The standard InChI is InChI=1S/C16H34.C10H16O4/c1-3-5-7-9-11-13-15-16-14-12-10-8-6-4-2;1-2-14-10(13)8-6-4-3-5-7(8)9(11)12/h3-16H2,1-2H3;7-8H,2-6H2,1H3,(H,11,12). The number of carboxylic acids is 1. The largest absolute Gasteiger partial charge is 0.481 e. The van der Waals surface area contributed by atoms with Gasteiger partial charge in [-0.05, 0) is 19.8 Å². The Balaban J connectivity index is 0.000000564. The second-order valence-corrected chi connectivity index (χ2v) is 8.83. The van der Waals surface area contributed by atoms with Crippen LogP contribution in [0.25, 0.3) is 0 Å². The lowest BCUT2D eigenvalue weighted by molar-refractivity contribution is -0.159. The molecular formula is C26H50O4. The van der Waals surface area contributed by atoms with E-state index in [9.17, 15) is 9.59 Å². The molecule has 1 N–H and O–H groups in total. The van der Waals surface area contributed by atoms with E-state index in [1.165, 1.54) is 89.9 Å². The molecule has 0 saturated heterocycles. The fourth-order valence-corrected chi connectivity index (χ4v) is 4.23. The summed E-state index contributed by atoms with van der Waals surface area (Å²) in [6.07, 6.45) is 23.5. The third kappa shape index (κ3) is 15.7. The molecule has 0 bridgehead atoms. The summed E-state index contributed by atoms with van der Waals surface area (Å²) >= 11 is 0. The van der Waals surface area contributed by atoms with Gasteiger partial charge in [0.05, 0.1) is 18.4 Å². The Morgan fingerprint density at radius 3 is 1.37 bits per heavy atom. The molecule has 0 spiro atoms. The van der Waals surface area contributed by atoms with Crippen LogP contribution in [0.3, 0.4) is 0 Å². The monoisotopic (exact) mass is 426 g/mol. The molecule has 2 atom stereocenters. The van der Waals surface area contributed by atoms with E-state index in [4.69, 9.17) is 9.84 Å². The van der Waals surface area contributed by atoms with E-state index in [-0.39, 0.29) is 5.97 Å². The zero-order chi connectivity index (χ0) is 22.5. The number of ether oxygens (including phenoxy) is 1. The number of hydrogen-bond donors (Lipinski definition) is 1. The van der Waals surface area contributed by atoms with Crippen molar-refractivity contribution >= 4 is 11.9 Å². The summed E-state index contributed by atoms with van der Waals surface area (Å²) in [6.45, 7) is 6.63. The highest BCUT2D eigenvalue weighted by molar-refractivity contribution is 5.81. The predicted octanol–water partition coefficient (Wildman–Crippen LogP) is 7.93. The van der Waals surface area contributed by atoms with Crippen molar-refractivity contribution in [1.29, 1.82) is 0 Å². The highest BCUT2D eigenvalue weighted by Crippen LogP contribution is 2.31. The molecule has 1 rings (SSSR count). The first-order valence-electron chi connectivity index (χ1n) is 13.0. The smallest absolute Gasteiger partial charge is 0.309 e. The van der Waals surface area contributed by atoms with Gasteiger partial charge in [-0.25, -0.2) is 0 Å². The van der Waals surface area contributed by atoms with Gasteiger partial charge in [0.25, 0.3) is 0 Å². The van der Waals surface area contributed by atoms with E-state index in [1.807, 2.05) is 0 Å². The summed E-state index contributed by atoms with van der Waals surface area (Å²) in [7, 11) is 0. The van der Waals surface area contributed by atoms with Crippen molar-refractivity contribution in [3.63, 3.8) is 0 Å². The quantitative estimate of drug-likeness (QED) is 0.201. The summed E-state index contributed by atoms with van der Waals surface area (Å²) in [5.41, 5.74) is 0. The van der Waals surface area contributed by atoms with Gasteiger partial charge >= 0.3 is 11.9 Å². The van der Waals surface area contributed by atoms with Gasteiger partial charge in [-0.3, -0.25) is 9.59 Å². The van der Waals surface area contributed by atoms with Gasteiger partial charge in [0.2, 0.25) is 0 Å². The van der Waals surface area contributed by atoms with Crippen molar-refractivity contribution in [2.75, 3.05) is 6.61 Å². The van der Waals surface area contributed by atoms with E-state index < -0.39 is 17.8 Å². The zero-order valence-corrected chi connectivity index (χ0v) is 20.3. The number of carbonyl (C=O) groups is 2. The van der Waals surface area contributed by atoms with Crippen LogP contribution in [0.4, 0.5) is 0 Å². The van der Waals surface area contributed by atoms with E-state index in [1.54, 1.807) is 6.92 Å². The molecule has 2 unspecified atom stereocenters. The Kier molecular flexibility index (Phi) is 20.4. The van der Waals surface area contributed by atoms with E-state index in [2.05, 4.69) is 13.8 Å². The van der Waals surface area contributed by atoms with Crippen LogP contribution >= 0.6 is 0 Å².